The second-order valence-corrected chi connectivity index (χ2v) is 4.20. The van der Waals surface area contributed by atoms with Gasteiger partial charge in [-0.3, -0.25) is 4.79 Å². The summed E-state index contributed by atoms with van der Waals surface area (Å²) in [5.41, 5.74) is 0. The van der Waals surface area contributed by atoms with Gasteiger partial charge in [-0.2, -0.15) is 0 Å². The average molecular weight is 260 g/mol. The van der Waals surface area contributed by atoms with Crippen molar-refractivity contribution in [1.29, 1.82) is 0 Å². The van der Waals surface area contributed by atoms with Crippen LogP contribution in [-0.4, -0.2) is 45.6 Å². The Morgan fingerprint density at radius 3 is 2.33 bits per heavy atom. The van der Waals surface area contributed by atoms with Crippen molar-refractivity contribution in [3.63, 3.8) is 0 Å². The molecule has 6 heteroatoms. The molecule has 0 rings (SSSR count). The molecule has 3 atom stereocenters. The first kappa shape index (κ1) is 16.6. The highest BCUT2D eigenvalue weighted by Crippen LogP contribution is 2.03. The molecule has 0 spiro atoms. The highest BCUT2D eigenvalue weighted by molar-refractivity contribution is 5.82. The monoisotopic (exact) mass is 260 g/mol. The number of carbonyl (C=O) groups is 2. The molecule has 0 amide bonds. The summed E-state index contributed by atoms with van der Waals surface area (Å²) in [5, 5.41) is 26.9. The minimum atomic E-state index is -1.05. The summed E-state index contributed by atoms with van der Waals surface area (Å²) < 4.78 is 4.77. The van der Waals surface area contributed by atoms with Crippen LogP contribution in [0.2, 0.25) is 0 Å². The van der Waals surface area contributed by atoms with Crippen molar-refractivity contribution < 1.29 is 29.6 Å². The molecule has 3 unspecified atom stereocenters. The van der Waals surface area contributed by atoms with Crippen molar-refractivity contribution in [1.82, 2.24) is 0 Å². The van der Waals surface area contributed by atoms with Gasteiger partial charge in [-0.05, 0) is 32.8 Å². The number of hydrogen-bond donors (Lipinski definition) is 3. The van der Waals surface area contributed by atoms with Crippen LogP contribution in [0.4, 0.5) is 0 Å². The summed E-state index contributed by atoms with van der Waals surface area (Å²) in [5.74, 6) is -1.74. The van der Waals surface area contributed by atoms with Crippen LogP contribution in [0.5, 0.6) is 0 Å². The highest BCUT2D eigenvalue weighted by atomic mass is 16.5. The number of aliphatic hydroxyl groups is 2. The molecule has 0 aliphatic carbocycles. The minimum absolute atomic E-state index is 0.260. The lowest BCUT2D eigenvalue weighted by atomic mass is 10.1. The Morgan fingerprint density at radius 1 is 1.22 bits per heavy atom. The number of rotatable bonds is 8. The Labute approximate surface area is 106 Å². The second kappa shape index (κ2) is 8.66. The van der Waals surface area contributed by atoms with Crippen molar-refractivity contribution in [3.8, 4) is 0 Å². The van der Waals surface area contributed by atoms with Crippen LogP contribution in [0.25, 0.3) is 0 Å². The van der Waals surface area contributed by atoms with Crippen molar-refractivity contribution >= 4 is 11.9 Å². The van der Waals surface area contributed by atoms with E-state index in [0.29, 0.717) is 12.8 Å². The molecule has 0 fully saturated rings. The Hall–Kier alpha value is -1.40. The zero-order valence-electron chi connectivity index (χ0n) is 10.6. The maximum atomic E-state index is 11.2. The van der Waals surface area contributed by atoms with E-state index in [0.717, 1.165) is 6.08 Å². The molecule has 0 saturated carbocycles. The molecule has 0 saturated heterocycles. The Kier molecular flexibility index (Phi) is 7.98. The normalized spacial score (nSPS) is 16.2. The van der Waals surface area contributed by atoms with E-state index in [1.54, 1.807) is 6.92 Å². The molecule has 104 valence electrons. The Balaban J connectivity index is 3.95. The predicted octanol–water partition coefficient (Wildman–Crippen LogP) is 0.471. The molecule has 0 aliphatic rings. The van der Waals surface area contributed by atoms with Crippen molar-refractivity contribution in [2.45, 2.75) is 51.4 Å². The molecule has 3 N–H and O–H groups in total. The van der Waals surface area contributed by atoms with Gasteiger partial charge in [-0.25, -0.2) is 4.79 Å². The third kappa shape index (κ3) is 9.80. The first-order valence-electron chi connectivity index (χ1n) is 5.78. The van der Waals surface area contributed by atoms with E-state index in [1.807, 2.05) is 0 Å². The van der Waals surface area contributed by atoms with Gasteiger partial charge in [0.1, 0.15) is 6.10 Å². The summed E-state index contributed by atoms with van der Waals surface area (Å²) in [7, 11) is 0. The summed E-state index contributed by atoms with van der Waals surface area (Å²) in [4.78, 5) is 21.5. The zero-order valence-corrected chi connectivity index (χ0v) is 10.6. The standard InChI is InChI=1S/C12H20O6/c1-8(13)3-4-10(14)5-6-12(17)18-9(2)7-11(15)16/h5-6,8-10,13-14H,3-4,7H2,1-2H3,(H,15,16). The fourth-order valence-corrected chi connectivity index (χ4v) is 1.22. The number of ether oxygens (including phenoxy) is 1. The molecule has 0 heterocycles. The van der Waals surface area contributed by atoms with E-state index in [2.05, 4.69) is 0 Å². The molecular formula is C12H20O6. The van der Waals surface area contributed by atoms with Gasteiger partial charge in [-0.1, -0.05) is 0 Å². The smallest absolute Gasteiger partial charge is 0.330 e. The molecular weight excluding hydrogens is 240 g/mol. The topological polar surface area (TPSA) is 104 Å². The van der Waals surface area contributed by atoms with Gasteiger partial charge in [-0.15, -0.1) is 0 Å². The van der Waals surface area contributed by atoms with Crippen LogP contribution >= 0.6 is 0 Å². The third-order valence-corrected chi connectivity index (χ3v) is 2.11. The van der Waals surface area contributed by atoms with Gasteiger partial charge in [0.05, 0.1) is 18.6 Å². The van der Waals surface area contributed by atoms with E-state index in [4.69, 9.17) is 14.9 Å². The van der Waals surface area contributed by atoms with Crippen LogP contribution in [-0.2, 0) is 14.3 Å². The van der Waals surface area contributed by atoms with Gasteiger partial charge < -0.3 is 20.1 Å². The van der Waals surface area contributed by atoms with Crippen LogP contribution < -0.4 is 0 Å². The molecule has 0 bridgehead atoms. The largest absolute Gasteiger partial charge is 0.481 e. The maximum absolute atomic E-state index is 11.2. The van der Waals surface area contributed by atoms with Gasteiger partial charge >= 0.3 is 11.9 Å². The lowest BCUT2D eigenvalue weighted by Crippen LogP contribution is -2.17. The number of carboxylic acid groups (broad SMARTS) is 1. The Bertz CT molecular complexity index is 297. The SMILES string of the molecule is CC(O)CCC(O)C=CC(=O)OC(C)CC(=O)O. The quantitative estimate of drug-likeness (QED) is 0.433. The van der Waals surface area contributed by atoms with Gasteiger partial charge in [0.15, 0.2) is 0 Å². The first-order chi connectivity index (χ1) is 8.31. The van der Waals surface area contributed by atoms with Gasteiger partial charge in [0, 0.05) is 6.08 Å². The number of esters is 1. The highest BCUT2D eigenvalue weighted by Gasteiger charge is 2.11. The maximum Gasteiger partial charge on any atom is 0.330 e. The fraction of sp³-hybridized carbons (Fsp3) is 0.667. The Morgan fingerprint density at radius 2 is 1.83 bits per heavy atom. The van der Waals surface area contributed by atoms with Crippen molar-refractivity contribution in [3.05, 3.63) is 12.2 Å². The number of aliphatic hydroxyl groups excluding tert-OH is 2. The van der Waals surface area contributed by atoms with Crippen molar-refractivity contribution in [2.24, 2.45) is 0 Å². The minimum Gasteiger partial charge on any atom is -0.481 e. The van der Waals surface area contributed by atoms with E-state index in [1.165, 1.54) is 13.0 Å². The van der Waals surface area contributed by atoms with Crippen molar-refractivity contribution in [2.75, 3.05) is 0 Å². The van der Waals surface area contributed by atoms with E-state index in [-0.39, 0.29) is 6.42 Å². The van der Waals surface area contributed by atoms with Crippen LogP contribution in [0.1, 0.15) is 33.1 Å². The van der Waals surface area contributed by atoms with Crippen LogP contribution in [0.15, 0.2) is 12.2 Å². The van der Waals surface area contributed by atoms with Gasteiger partial charge in [0.2, 0.25) is 0 Å². The number of aliphatic carboxylic acids is 1. The number of carboxylic acids is 1. The average Bonchev–Trinajstić information content (AvgIpc) is 2.22. The second-order valence-electron chi connectivity index (χ2n) is 4.20. The fourth-order valence-electron chi connectivity index (χ4n) is 1.22. The molecule has 18 heavy (non-hydrogen) atoms. The predicted molar refractivity (Wildman–Crippen MR) is 63.9 cm³/mol. The lowest BCUT2D eigenvalue weighted by Gasteiger charge is -2.09. The van der Waals surface area contributed by atoms with Crippen LogP contribution in [0.3, 0.4) is 0 Å². The molecule has 0 aromatic carbocycles. The number of hydrogen-bond acceptors (Lipinski definition) is 5. The summed E-state index contributed by atoms with van der Waals surface area (Å²) in [6.45, 7) is 3.09. The van der Waals surface area contributed by atoms with Crippen LogP contribution in [0, 0.1) is 0 Å². The number of carbonyl (C=O) groups excluding carboxylic acids is 1. The molecule has 6 nitrogen and oxygen atoms in total. The third-order valence-electron chi connectivity index (χ3n) is 2.11. The van der Waals surface area contributed by atoms with E-state index >= 15 is 0 Å². The lowest BCUT2D eigenvalue weighted by molar-refractivity contribution is -0.147. The molecule has 0 aliphatic heterocycles. The molecule has 0 radical (unpaired) electrons. The zero-order chi connectivity index (χ0) is 14.1. The first-order valence-corrected chi connectivity index (χ1v) is 5.78. The molecule has 0 aromatic rings. The van der Waals surface area contributed by atoms with Gasteiger partial charge in [0.25, 0.3) is 0 Å². The van der Waals surface area contributed by atoms with E-state index < -0.39 is 30.3 Å². The summed E-state index contributed by atoms with van der Waals surface area (Å²) in [6, 6.07) is 0. The summed E-state index contributed by atoms with van der Waals surface area (Å²) in [6.07, 6.45) is 0.780. The summed E-state index contributed by atoms with van der Waals surface area (Å²) >= 11 is 0. The van der Waals surface area contributed by atoms with E-state index in [9.17, 15) is 14.7 Å². The molecule has 0 aromatic heterocycles.